The van der Waals surface area contributed by atoms with Crippen LogP contribution in [0.5, 0.6) is 5.75 Å². The summed E-state index contributed by atoms with van der Waals surface area (Å²) in [7, 11) is 1.72. The van der Waals surface area contributed by atoms with E-state index in [-0.39, 0.29) is 0 Å². The van der Waals surface area contributed by atoms with Crippen molar-refractivity contribution in [2.45, 2.75) is 13.8 Å². The van der Waals surface area contributed by atoms with Gasteiger partial charge in [0.2, 0.25) is 0 Å². The van der Waals surface area contributed by atoms with Crippen LogP contribution in [0, 0.1) is 5.92 Å². The highest BCUT2D eigenvalue weighted by molar-refractivity contribution is 6.42. The van der Waals surface area contributed by atoms with Gasteiger partial charge in [-0.05, 0) is 36.2 Å². The number of ether oxygens (including phenoxy) is 1. The number of piperazine rings is 1. The molecule has 1 aliphatic heterocycles. The average Bonchev–Trinajstić information content (AvgIpc) is 2.73. The number of benzene rings is 2. The Morgan fingerprint density at radius 3 is 2.45 bits per heavy atom. The molecule has 0 spiro atoms. The summed E-state index contributed by atoms with van der Waals surface area (Å²) in [6.07, 6.45) is 0. The molecule has 1 saturated heterocycles. The van der Waals surface area contributed by atoms with E-state index < -0.39 is 0 Å². The van der Waals surface area contributed by atoms with E-state index in [0.717, 1.165) is 55.8 Å². The number of hydrogen-bond donors (Lipinski definition) is 1. The van der Waals surface area contributed by atoms with Crippen molar-refractivity contribution < 1.29 is 4.74 Å². The van der Waals surface area contributed by atoms with Gasteiger partial charge in [-0.2, -0.15) is 0 Å². The number of hydrogen-bond acceptors (Lipinski definition) is 3. The maximum absolute atomic E-state index is 6.18. The summed E-state index contributed by atoms with van der Waals surface area (Å²) in [6.45, 7) is 8.61. The van der Waals surface area contributed by atoms with Crippen molar-refractivity contribution in [1.29, 1.82) is 0 Å². The van der Waals surface area contributed by atoms with Crippen molar-refractivity contribution in [3.63, 3.8) is 0 Å². The Bertz CT molecular complexity index is 848. The number of nitrogens with zero attached hydrogens (tertiary/aromatic N) is 3. The van der Waals surface area contributed by atoms with Gasteiger partial charge >= 0.3 is 0 Å². The Balaban J connectivity index is 1.72. The first-order chi connectivity index (χ1) is 14.0. The lowest BCUT2D eigenvalue weighted by atomic mass is 10.2. The molecule has 1 fully saturated rings. The number of nitrogens with one attached hydrogen (secondary N) is 1. The van der Waals surface area contributed by atoms with Gasteiger partial charge in [-0.15, -0.1) is 0 Å². The highest BCUT2D eigenvalue weighted by atomic mass is 35.5. The average molecular weight is 435 g/mol. The molecule has 1 aliphatic rings. The number of halogens is 2. The third-order valence-electron chi connectivity index (χ3n) is 4.79. The summed E-state index contributed by atoms with van der Waals surface area (Å²) < 4.78 is 5.52. The molecule has 0 bridgehead atoms. The molecule has 29 heavy (non-hydrogen) atoms. The minimum atomic E-state index is 0.482. The Morgan fingerprint density at radius 2 is 1.79 bits per heavy atom. The minimum absolute atomic E-state index is 0.482. The Kier molecular flexibility index (Phi) is 7.51. The van der Waals surface area contributed by atoms with Gasteiger partial charge in [0.05, 0.1) is 22.8 Å². The highest BCUT2D eigenvalue weighted by Crippen LogP contribution is 2.29. The number of methoxy groups -OCH3 is 1. The second-order valence-corrected chi connectivity index (χ2v) is 8.27. The van der Waals surface area contributed by atoms with Crippen LogP contribution in [0.4, 0.5) is 11.4 Å². The van der Waals surface area contributed by atoms with Crippen LogP contribution in [-0.2, 0) is 0 Å². The van der Waals surface area contributed by atoms with Gasteiger partial charge in [-0.1, -0.05) is 49.2 Å². The van der Waals surface area contributed by atoms with Gasteiger partial charge in [0.15, 0.2) is 5.96 Å². The quantitative estimate of drug-likeness (QED) is 0.515. The molecule has 156 valence electrons. The first-order valence-corrected chi connectivity index (χ1v) is 10.6. The van der Waals surface area contributed by atoms with E-state index in [1.54, 1.807) is 13.2 Å². The molecule has 0 unspecified atom stereocenters. The third-order valence-corrected chi connectivity index (χ3v) is 5.53. The van der Waals surface area contributed by atoms with E-state index in [4.69, 9.17) is 32.9 Å². The van der Waals surface area contributed by atoms with Crippen LogP contribution < -0.4 is 15.0 Å². The third kappa shape index (κ3) is 5.71. The summed E-state index contributed by atoms with van der Waals surface area (Å²) >= 11 is 12.2. The van der Waals surface area contributed by atoms with E-state index in [1.165, 1.54) is 0 Å². The molecule has 1 heterocycles. The Morgan fingerprint density at radius 1 is 1.07 bits per heavy atom. The largest absolute Gasteiger partial charge is 0.495 e. The number of aliphatic imine (C=N–C) groups is 1. The summed E-state index contributed by atoms with van der Waals surface area (Å²) in [5, 5.41) is 4.51. The zero-order chi connectivity index (χ0) is 20.8. The van der Waals surface area contributed by atoms with Crippen LogP contribution in [-0.4, -0.2) is 50.7 Å². The standard InChI is InChI=1S/C22H28Cl2N4O/c1-16(2)15-25-22(26-17-8-9-18(23)19(24)14-17)28-12-10-27(11-13-28)20-6-4-5-7-21(20)29-3/h4-9,14,16H,10-13,15H2,1-3H3,(H,25,26). The van der Waals surface area contributed by atoms with Crippen LogP contribution in [0.25, 0.3) is 0 Å². The van der Waals surface area contributed by atoms with Crippen LogP contribution in [0.1, 0.15) is 13.8 Å². The lowest BCUT2D eigenvalue weighted by Crippen LogP contribution is -2.51. The zero-order valence-electron chi connectivity index (χ0n) is 17.2. The molecule has 2 aromatic carbocycles. The van der Waals surface area contributed by atoms with Gasteiger partial charge in [0, 0.05) is 38.4 Å². The van der Waals surface area contributed by atoms with Gasteiger partial charge < -0.3 is 19.9 Å². The Labute approximate surface area is 183 Å². The maximum Gasteiger partial charge on any atom is 0.198 e. The molecule has 2 aromatic rings. The minimum Gasteiger partial charge on any atom is -0.495 e. The molecule has 0 radical (unpaired) electrons. The van der Waals surface area contributed by atoms with Gasteiger partial charge in [0.25, 0.3) is 0 Å². The van der Waals surface area contributed by atoms with Gasteiger partial charge in [0.1, 0.15) is 5.75 Å². The first kappa shape index (κ1) is 21.6. The molecule has 0 aromatic heterocycles. The first-order valence-electron chi connectivity index (χ1n) is 9.87. The molecule has 3 rings (SSSR count). The SMILES string of the molecule is COc1ccccc1N1CCN(/C(=N\CC(C)C)Nc2ccc(Cl)c(Cl)c2)CC1. The van der Waals surface area contributed by atoms with Crippen molar-refractivity contribution in [1.82, 2.24) is 4.90 Å². The van der Waals surface area contributed by atoms with Crippen molar-refractivity contribution in [2.24, 2.45) is 10.9 Å². The molecule has 0 aliphatic carbocycles. The monoisotopic (exact) mass is 434 g/mol. The van der Waals surface area contributed by atoms with E-state index in [2.05, 4.69) is 35.0 Å². The molecule has 1 N–H and O–H groups in total. The molecule has 5 nitrogen and oxygen atoms in total. The summed E-state index contributed by atoms with van der Waals surface area (Å²) in [5.74, 6) is 2.26. The van der Waals surface area contributed by atoms with Gasteiger partial charge in [-0.25, -0.2) is 0 Å². The molecular weight excluding hydrogens is 407 g/mol. The fraction of sp³-hybridized carbons (Fsp3) is 0.409. The highest BCUT2D eigenvalue weighted by Gasteiger charge is 2.22. The van der Waals surface area contributed by atoms with Crippen molar-refractivity contribution >= 4 is 40.5 Å². The number of rotatable bonds is 5. The van der Waals surface area contributed by atoms with Crippen molar-refractivity contribution in [3.8, 4) is 5.75 Å². The number of anilines is 2. The topological polar surface area (TPSA) is 40.1 Å². The number of guanidine groups is 1. The van der Waals surface area contributed by atoms with Crippen LogP contribution in [0.15, 0.2) is 47.5 Å². The summed E-state index contributed by atoms with van der Waals surface area (Å²) in [4.78, 5) is 9.48. The van der Waals surface area contributed by atoms with Crippen LogP contribution >= 0.6 is 23.2 Å². The predicted octanol–water partition coefficient (Wildman–Crippen LogP) is 5.25. The summed E-state index contributed by atoms with van der Waals surface area (Å²) in [6, 6.07) is 13.7. The fourth-order valence-electron chi connectivity index (χ4n) is 3.24. The number of para-hydroxylation sites is 2. The maximum atomic E-state index is 6.18. The van der Waals surface area contributed by atoms with Crippen molar-refractivity contribution in [2.75, 3.05) is 50.1 Å². The van der Waals surface area contributed by atoms with E-state index in [9.17, 15) is 0 Å². The lowest BCUT2D eigenvalue weighted by Gasteiger charge is -2.38. The van der Waals surface area contributed by atoms with Gasteiger partial charge in [-0.3, -0.25) is 4.99 Å². The smallest absolute Gasteiger partial charge is 0.198 e. The molecule has 0 atom stereocenters. The van der Waals surface area contributed by atoms with E-state index in [0.29, 0.717) is 16.0 Å². The second kappa shape index (κ2) is 10.1. The zero-order valence-corrected chi connectivity index (χ0v) is 18.7. The van der Waals surface area contributed by atoms with Crippen LogP contribution in [0.3, 0.4) is 0 Å². The van der Waals surface area contributed by atoms with Crippen molar-refractivity contribution in [3.05, 3.63) is 52.5 Å². The van der Waals surface area contributed by atoms with E-state index in [1.807, 2.05) is 30.3 Å². The second-order valence-electron chi connectivity index (χ2n) is 7.46. The van der Waals surface area contributed by atoms with E-state index >= 15 is 0 Å². The molecule has 0 saturated carbocycles. The Hall–Kier alpha value is -2.11. The fourth-order valence-corrected chi connectivity index (χ4v) is 3.54. The summed E-state index contributed by atoms with van der Waals surface area (Å²) in [5.41, 5.74) is 2.02. The van der Waals surface area contributed by atoms with Crippen LogP contribution in [0.2, 0.25) is 10.0 Å². The normalized spacial score (nSPS) is 15.0. The lowest BCUT2D eigenvalue weighted by molar-refractivity contribution is 0.375. The molecule has 7 heteroatoms. The molecule has 0 amide bonds. The molecular formula is C22H28Cl2N4O. The predicted molar refractivity (Wildman–Crippen MR) is 124 cm³/mol.